The molecule has 0 aromatic rings. The molecule has 0 heterocycles. The number of nitrogens with one attached hydrogen (secondary N) is 1. The van der Waals surface area contributed by atoms with Crippen LogP contribution in [0.25, 0.3) is 0 Å². The second-order valence-electron chi connectivity index (χ2n) is 2.45. The molecule has 2 atom stereocenters. The summed E-state index contributed by atoms with van der Waals surface area (Å²) in [6.07, 6.45) is -0.442. The second-order valence-corrected chi connectivity index (χ2v) is 4.23. The number of carboxylic acids is 1. The Balaban J connectivity index is 4.46. The molecular formula is C5H11NO5S. The van der Waals surface area contributed by atoms with Gasteiger partial charge in [-0.15, -0.1) is 0 Å². The molecule has 0 spiro atoms. The Labute approximate surface area is 70.3 Å². The first-order valence-electron chi connectivity index (χ1n) is 3.12. The van der Waals surface area contributed by atoms with E-state index >= 15 is 0 Å². The van der Waals surface area contributed by atoms with E-state index in [1.54, 1.807) is 4.72 Å². The van der Waals surface area contributed by atoms with Gasteiger partial charge in [0.25, 0.3) is 0 Å². The van der Waals surface area contributed by atoms with Gasteiger partial charge < -0.3 is 10.2 Å². The summed E-state index contributed by atoms with van der Waals surface area (Å²) in [5, 5.41) is 17.3. The monoisotopic (exact) mass is 197 g/mol. The van der Waals surface area contributed by atoms with Gasteiger partial charge in [0, 0.05) is 0 Å². The quantitative estimate of drug-likeness (QED) is 0.502. The Hall–Kier alpha value is -0.660. The highest BCUT2D eigenvalue weighted by molar-refractivity contribution is 7.88. The highest BCUT2D eigenvalue weighted by Crippen LogP contribution is 1.94. The topological polar surface area (TPSA) is 104 Å². The Morgan fingerprint density at radius 3 is 2.00 bits per heavy atom. The third-order valence-electron chi connectivity index (χ3n) is 1.09. The number of aliphatic carboxylic acids is 1. The molecule has 6 nitrogen and oxygen atoms in total. The van der Waals surface area contributed by atoms with Crippen LogP contribution in [0.5, 0.6) is 0 Å². The van der Waals surface area contributed by atoms with Crippen molar-refractivity contribution in [1.29, 1.82) is 0 Å². The molecule has 72 valence electrons. The zero-order valence-electron chi connectivity index (χ0n) is 6.68. The second kappa shape index (κ2) is 3.83. The summed E-state index contributed by atoms with van der Waals surface area (Å²) in [6, 6.07) is -1.49. The lowest BCUT2D eigenvalue weighted by atomic mass is 10.2. The number of hydrogen-bond donors (Lipinski definition) is 3. The predicted molar refractivity (Wildman–Crippen MR) is 41.1 cm³/mol. The molecule has 0 aliphatic heterocycles. The molecule has 12 heavy (non-hydrogen) atoms. The predicted octanol–water partition coefficient (Wildman–Crippen LogP) is -1.63. The first kappa shape index (κ1) is 11.3. The smallest absolute Gasteiger partial charge is 0.324 e. The maximum Gasteiger partial charge on any atom is 0.324 e. The van der Waals surface area contributed by atoms with Crippen molar-refractivity contribution in [2.75, 3.05) is 6.26 Å². The minimum absolute atomic E-state index is 0.825. The van der Waals surface area contributed by atoms with Crippen molar-refractivity contribution in [3.05, 3.63) is 0 Å². The maximum absolute atomic E-state index is 10.6. The Kier molecular flexibility index (Phi) is 3.62. The van der Waals surface area contributed by atoms with Crippen molar-refractivity contribution < 1.29 is 23.4 Å². The fourth-order valence-corrected chi connectivity index (χ4v) is 1.34. The van der Waals surface area contributed by atoms with E-state index in [1.165, 1.54) is 6.92 Å². The van der Waals surface area contributed by atoms with Crippen molar-refractivity contribution in [1.82, 2.24) is 4.72 Å². The number of aliphatic hydroxyl groups is 1. The van der Waals surface area contributed by atoms with Crippen LogP contribution in [0.4, 0.5) is 0 Å². The van der Waals surface area contributed by atoms with E-state index in [4.69, 9.17) is 10.2 Å². The van der Waals surface area contributed by atoms with E-state index in [0.717, 1.165) is 6.26 Å². The van der Waals surface area contributed by atoms with Crippen molar-refractivity contribution in [3.8, 4) is 0 Å². The summed E-state index contributed by atoms with van der Waals surface area (Å²) in [4.78, 5) is 10.3. The van der Waals surface area contributed by atoms with Gasteiger partial charge in [0.15, 0.2) is 0 Å². The summed E-state index contributed by atoms with van der Waals surface area (Å²) >= 11 is 0. The van der Waals surface area contributed by atoms with Gasteiger partial charge >= 0.3 is 5.97 Å². The van der Waals surface area contributed by atoms with Crippen molar-refractivity contribution in [2.45, 2.75) is 19.1 Å². The minimum Gasteiger partial charge on any atom is -0.480 e. The van der Waals surface area contributed by atoms with Crippen molar-refractivity contribution in [2.24, 2.45) is 0 Å². The summed E-state index contributed by atoms with van der Waals surface area (Å²) in [7, 11) is -3.60. The maximum atomic E-state index is 10.6. The van der Waals surface area contributed by atoms with Gasteiger partial charge in [-0.25, -0.2) is 8.42 Å². The summed E-state index contributed by atoms with van der Waals surface area (Å²) in [5.74, 6) is -1.41. The lowest BCUT2D eigenvalue weighted by Crippen LogP contribution is -2.47. The zero-order chi connectivity index (χ0) is 9.94. The third kappa shape index (κ3) is 4.27. The van der Waals surface area contributed by atoms with Gasteiger partial charge in [-0.2, -0.15) is 4.72 Å². The molecule has 0 aromatic heterocycles. The molecule has 0 aliphatic carbocycles. The molecule has 7 heteroatoms. The van der Waals surface area contributed by atoms with E-state index in [9.17, 15) is 13.2 Å². The summed E-state index contributed by atoms with van der Waals surface area (Å²) in [6.45, 7) is 1.19. The van der Waals surface area contributed by atoms with Gasteiger partial charge in [0.2, 0.25) is 10.0 Å². The average Bonchev–Trinajstić information content (AvgIpc) is 1.79. The van der Waals surface area contributed by atoms with Crippen LogP contribution in [-0.4, -0.2) is 43.0 Å². The Morgan fingerprint density at radius 2 is 1.92 bits per heavy atom. The molecule has 0 aromatic carbocycles. The van der Waals surface area contributed by atoms with Gasteiger partial charge in [-0.05, 0) is 6.92 Å². The van der Waals surface area contributed by atoms with E-state index in [1.807, 2.05) is 0 Å². The van der Waals surface area contributed by atoms with Crippen LogP contribution in [0.3, 0.4) is 0 Å². The fraction of sp³-hybridized carbons (Fsp3) is 0.800. The van der Waals surface area contributed by atoms with Gasteiger partial charge in [0.05, 0.1) is 12.4 Å². The molecule has 3 N–H and O–H groups in total. The molecule has 0 saturated heterocycles. The zero-order valence-corrected chi connectivity index (χ0v) is 7.50. The minimum atomic E-state index is -3.60. The standard InChI is InChI=1S/C5H11NO5S/c1-3(7)4(5(8)9)6-12(2,10)11/h3-4,6-7H,1-2H3,(H,8,9). The van der Waals surface area contributed by atoms with E-state index in [2.05, 4.69) is 0 Å². The highest BCUT2D eigenvalue weighted by atomic mass is 32.2. The SMILES string of the molecule is CC(O)C(NS(C)(=O)=O)C(=O)O. The van der Waals surface area contributed by atoms with Gasteiger partial charge in [0.1, 0.15) is 6.04 Å². The number of carbonyl (C=O) groups is 1. The molecule has 0 saturated carbocycles. The Bertz CT molecular complexity index is 257. The van der Waals surface area contributed by atoms with Crippen LogP contribution in [0.2, 0.25) is 0 Å². The molecule has 0 radical (unpaired) electrons. The van der Waals surface area contributed by atoms with Crippen molar-refractivity contribution >= 4 is 16.0 Å². The number of rotatable bonds is 4. The van der Waals surface area contributed by atoms with E-state index in [0.29, 0.717) is 0 Å². The molecule has 0 aliphatic rings. The van der Waals surface area contributed by atoms with Crippen LogP contribution in [0.15, 0.2) is 0 Å². The van der Waals surface area contributed by atoms with Gasteiger partial charge in [-0.1, -0.05) is 0 Å². The largest absolute Gasteiger partial charge is 0.480 e. The van der Waals surface area contributed by atoms with Crippen molar-refractivity contribution in [3.63, 3.8) is 0 Å². The summed E-state index contributed by atoms with van der Waals surface area (Å²) in [5.41, 5.74) is 0. The number of sulfonamides is 1. The van der Waals surface area contributed by atoms with E-state index < -0.39 is 28.1 Å². The lowest BCUT2D eigenvalue weighted by molar-refractivity contribution is -0.141. The summed E-state index contributed by atoms with van der Waals surface area (Å²) < 4.78 is 22.9. The Morgan fingerprint density at radius 1 is 1.50 bits per heavy atom. The van der Waals surface area contributed by atoms with E-state index in [-0.39, 0.29) is 0 Å². The number of hydrogen-bond acceptors (Lipinski definition) is 4. The van der Waals surface area contributed by atoms with Gasteiger partial charge in [-0.3, -0.25) is 4.79 Å². The normalized spacial score (nSPS) is 16.9. The highest BCUT2D eigenvalue weighted by Gasteiger charge is 2.25. The molecule has 0 fully saturated rings. The number of carboxylic acid groups (broad SMARTS) is 1. The fourth-order valence-electron chi connectivity index (χ4n) is 0.586. The van der Waals surface area contributed by atoms with Crippen LogP contribution < -0.4 is 4.72 Å². The van der Waals surface area contributed by atoms with Crippen LogP contribution in [-0.2, 0) is 14.8 Å². The molecular weight excluding hydrogens is 186 g/mol. The van der Waals surface area contributed by atoms with Crippen LogP contribution >= 0.6 is 0 Å². The first-order chi connectivity index (χ1) is 5.24. The van der Waals surface area contributed by atoms with Crippen LogP contribution in [0, 0.1) is 0 Å². The molecule has 2 unspecified atom stereocenters. The van der Waals surface area contributed by atoms with Crippen LogP contribution in [0.1, 0.15) is 6.92 Å². The first-order valence-corrected chi connectivity index (χ1v) is 5.01. The third-order valence-corrected chi connectivity index (χ3v) is 1.77. The molecule has 0 rings (SSSR count). The number of aliphatic hydroxyl groups excluding tert-OH is 1. The molecule has 0 amide bonds. The average molecular weight is 197 g/mol. The molecule has 0 bridgehead atoms. The lowest BCUT2D eigenvalue weighted by Gasteiger charge is -2.14.